The molecule has 1 saturated carbocycles. The van der Waals surface area contributed by atoms with Crippen LogP contribution in [0.3, 0.4) is 0 Å². The first-order valence-electron chi connectivity index (χ1n) is 6.54. The quantitative estimate of drug-likeness (QED) is 0.811. The van der Waals surface area contributed by atoms with Crippen molar-refractivity contribution >= 4 is 16.7 Å². The highest BCUT2D eigenvalue weighted by Gasteiger charge is 2.33. The number of aromatic nitrogens is 2. The summed E-state index contributed by atoms with van der Waals surface area (Å²) in [4.78, 5) is 10.3. The highest BCUT2D eigenvalue weighted by molar-refractivity contribution is 5.78. The monoisotopic (exact) mass is 244 g/mol. The number of hydrogen-bond acceptors (Lipinski definition) is 3. The molecule has 1 aromatic heterocycles. The fourth-order valence-electron chi connectivity index (χ4n) is 2.53. The summed E-state index contributed by atoms with van der Waals surface area (Å²) >= 11 is 0. The average molecular weight is 244 g/mol. The van der Waals surface area contributed by atoms with Crippen molar-refractivity contribution in [2.75, 3.05) is 19.3 Å². The maximum absolute atomic E-state index is 5.77. The van der Waals surface area contributed by atoms with E-state index < -0.39 is 0 Å². The number of anilines is 1. The van der Waals surface area contributed by atoms with Gasteiger partial charge in [-0.25, -0.2) is 4.98 Å². The van der Waals surface area contributed by atoms with Crippen molar-refractivity contribution in [2.45, 2.75) is 19.9 Å². The van der Waals surface area contributed by atoms with Gasteiger partial charge in [-0.05, 0) is 43.5 Å². The van der Waals surface area contributed by atoms with Crippen LogP contribution in [0.4, 0.5) is 5.69 Å². The Morgan fingerprint density at radius 2 is 2.28 bits per heavy atom. The Hall–Kier alpha value is -1.55. The molecule has 96 valence electrons. The molecule has 0 spiro atoms. The fraction of sp³-hybridized carbons (Fsp3) is 0.500. The third-order valence-electron chi connectivity index (χ3n) is 3.80. The number of aromatic amines is 1. The Balaban J connectivity index is 1.70. The van der Waals surface area contributed by atoms with E-state index in [1.807, 2.05) is 18.2 Å². The predicted octanol–water partition coefficient (Wildman–Crippen LogP) is 2.23. The number of nitrogens with zero attached hydrogens (tertiary/aromatic N) is 2. The van der Waals surface area contributed by atoms with E-state index in [1.54, 1.807) is 0 Å². The minimum absolute atomic E-state index is 0.776. The van der Waals surface area contributed by atoms with Gasteiger partial charge < -0.3 is 10.7 Å². The molecule has 4 heteroatoms. The molecule has 0 aliphatic heterocycles. The van der Waals surface area contributed by atoms with Gasteiger partial charge in [0.25, 0.3) is 0 Å². The molecule has 1 aliphatic rings. The van der Waals surface area contributed by atoms with Gasteiger partial charge in [0.15, 0.2) is 0 Å². The lowest BCUT2D eigenvalue weighted by molar-refractivity contribution is 0.301. The van der Waals surface area contributed by atoms with Crippen molar-refractivity contribution in [3.8, 4) is 0 Å². The molecule has 1 fully saturated rings. The zero-order chi connectivity index (χ0) is 12.7. The number of rotatable bonds is 4. The molecule has 2 atom stereocenters. The molecule has 0 bridgehead atoms. The van der Waals surface area contributed by atoms with Gasteiger partial charge in [-0.15, -0.1) is 0 Å². The SMILES string of the molecule is CC1CC1CN(C)Cc1nc2ccc(N)cc2[nH]1. The maximum atomic E-state index is 5.77. The largest absolute Gasteiger partial charge is 0.399 e. The van der Waals surface area contributed by atoms with Crippen LogP contribution in [0.5, 0.6) is 0 Å². The summed E-state index contributed by atoms with van der Waals surface area (Å²) in [5, 5.41) is 0. The molecule has 0 saturated heterocycles. The molecule has 0 radical (unpaired) electrons. The minimum Gasteiger partial charge on any atom is -0.399 e. The van der Waals surface area contributed by atoms with Crippen molar-refractivity contribution < 1.29 is 0 Å². The fourth-order valence-corrected chi connectivity index (χ4v) is 2.53. The number of fused-ring (bicyclic) bond motifs is 1. The van der Waals surface area contributed by atoms with Crippen LogP contribution in [-0.4, -0.2) is 28.5 Å². The van der Waals surface area contributed by atoms with E-state index in [9.17, 15) is 0 Å². The maximum Gasteiger partial charge on any atom is 0.121 e. The van der Waals surface area contributed by atoms with Crippen LogP contribution in [-0.2, 0) is 6.54 Å². The van der Waals surface area contributed by atoms with Crippen LogP contribution in [0.15, 0.2) is 18.2 Å². The van der Waals surface area contributed by atoms with E-state index in [0.717, 1.165) is 40.9 Å². The molecule has 3 N–H and O–H groups in total. The van der Waals surface area contributed by atoms with Crippen molar-refractivity contribution in [3.63, 3.8) is 0 Å². The van der Waals surface area contributed by atoms with Gasteiger partial charge in [0.2, 0.25) is 0 Å². The molecule has 1 heterocycles. The predicted molar refractivity (Wildman–Crippen MR) is 74.1 cm³/mol. The van der Waals surface area contributed by atoms with Gasteiger partial charge in [-0.3, -0.25) is 4.90 Å². The summed E-state index contributed by atoms with van der Waals surface area (Å²) in [5.74, 6) is 2.81. The molecular weight excluding hydrogens is 224 g/mol. The van der Waals surface area contributed by atoms with E-state index in [-0.39, 0.29) is 0 Å². The minimum atomic E-state index is 0.776. The van der Waals surface area contributed by atoms with E-state index >= 15 is 0 Å². The van der Waals surface area contributed by atoms with Crippen LogP contribution in [0.25, 0.3) is 11.0 Å². The second-order valence-corrected chi connectivity index (χ2v) is 5.63. The molecule has 2 unspecified atom stereocenters. The molecule has 3 rings (SSSR count). The van der Waals surface area contributed by atoms with E-state index in [0.29, 0.717) is 0 Å². The van der Waals surface area contributed by atoms with Gasteiger partial charge in [0, 0.05) is 12.2 Å². The highest BCUT2D eigenvalue weighted by atomic mass is 15.1. The zero-order valence-electron chi connectivity index (χ0n) is 11.0. The topological polar surface area (TPSA) is 57.9 Å². The summed E-state index contributed by atoms with van der Waals surface area (Å²) in [7, 11) is 2.16. The Morgan fingerprint density at radius 1 is 1.50 bits per heavy atom. The third kappa shape index (κ3) is 2.34. The summed E-state index contributed by atoms with van der Waals surface area (Å²) in [5.41, 5.74) is 8.56. The van der Waals surface area contributed by atoms with Crippen LogP contribution in [0, 0.1) is 11.8 Å². The van der Waals surface area contributed by atoms with Crippen LogP contribution in [0.1, 0.15) is 19.2 Å². The lowest BCUT2D eigenvalue weighted by Gasteiger charge is -2.14. The summed E-state index contributed by atoms with van der Waals surface area (Å²) in [6.07, 6.45) is 1.38. The van der Waals surface area contributed by atoms with Crippen LogP contribution in [0.2, 0.25) is 0 Å². The lowest BCUT2D eigenvalue weighted by Crippen LogP contribution is -2.21. The first-order valence-corrected chi connectivity index (χ1v) is 6.54. The number of nitrogens with one attached hydrogen (secondary N) is 1. The van der Waals surface area contributed by atoms with Crippen LogP contribution >= 0.6 is 0 Å². The van der Waals surface area contributed by atoms with Crippen molar-refractivity contribution in [2.24, 2.45) is 11.8 Å². The van der Waals surface area contributed by atoms with Crippen LogP contribution < -0.4 is 5.73 Å². The molecule has 2 aromatic rings. The number of nitrogens with two attached hydrogens (primary N) is 1. The Morgan fingerprint density at radius 3 is 3.00 bits per heavy atom. The van der Waals surface area contributed by atoms with Gasteiger partial charge in [-0.1, -0.05) is 6.92 Å². The molecule has 1 aliphatic carbocycles. The molecule has 1 aromatic carbocycles. The summed E-state index contributed by atoms with van der Waals surface area (Å²) < 4.78 is 0. The van der Waals surface area contributed by atoms with Crippen molar-refractivity contribution in [1.29, 1.82) is 0 Å². The first kappa shape index (κ1) is 11.5. The van der Waals surface area contributed by atoms with Gasteiger partial charge in [-0.2, -0.15) is 0 Å². The number of H-pyrrole nitrogens is 1. The smallest absolute Gasteiger partial charge is 0.121 e. The highest BCUT2D eigenvalue weighted by Crippen LogP contribution is 2.38. The number of nitrogen functional groups attached to an aromatic ring is 1. The molecule has 0 amide bonds. The lowest BCUT2D eigenvalue weighted by atomic mass is 10.3. The van der Waals surface area contributed by atoms with Crippen molar-refractivity contribution in [1.82, 2.24) is 14.9 Å². The Bertz CT molecular complexity index is 560. The number of benzene rings is 1. The zero-order valence-corrected chi connectivity index (χ0v) is 11.0. The van der Waals surface area contributed by atoms with Gasteiger partial charge in [0.1, 0.15) is 5.82 Å². The second-order valence-electron chi connectivity index (χ2n) is 5.63. The number of hydrogen-bond donors (Lipinski definition) is 2. The summed E-state index contributed by atoms with van der Waals surface area (Å²) in [6.45, 7) is 4.36. The Kier molecular flexibility index (Phi) is 2.74. The third-order valence-corrected chi connectivity index (χ3v) is 3.80. The van der Waals surface area contributed by atoms with Crippen molar-refractivity contribution in [3.05, 3.63) is 24.0 Å². The van der Waals surface area contributed by atoms with E-state index in [1.165, 1.54) is 13.0 Å². The molecule has 4 nitrogen and oxygen atoms in total. The second kappa shape index (κ2) is 4.28. The average Bonchev–Trinajstić information content (AvgIpc) is 2.85. The van der Waals surface area contributed by atoms with Gasteiger partial charge in [0.05, 0.1) is 17.6 Å². The molecule has 18 heavy (non-hydrogen) atoms. The van der Waals surface area contributed by atoms with E-state index in [4.69, 9.17) is 5.73 Å². The first-order chi connectivity index (χ1) is 8.61. The summed E-state index contributed by atoms with van der Waals surface area (Å²) in [6, 6.07) is 5.80. The van der Waals surface area contributed by atoms with E-state index in [2.05, 4.69) is 28.8 Å². The normalized spacial score (nSPS) is 22.8. The van der Waals surface area contributed by atoms with Gasteiger partial charge >= 0.3 is 0 Å². The number of imidazole rings is 1. The Labute approximate surface area is 107 Å². The molecular formula is C14H20N4. The standard InChI is InChI=1S/C14H20N4/c1-9-5-10(9)7-18(2)8-14-16-12-4-3-11(15)6-13(12)17-14/h3-4,6,9-10H,5,7-8,15H2,1-2H3,(H,16,17).